The van der Waals surface area contributed by atoms with Crippen molar-refractivity contribution in [2.75, 3.05) is 24.4 Å². The molecule has 210 valence electrons. The smallest absolute Gasteiger partial charge is 0.339 e. The van der Waals surface area contributed by atoms with Crippen molar-refractivity contribution in [3.05, 3.63) is 101 Å². The van der Waals surface area contributed by atoms with E-state index in [4.69, 9.17) is 21.7 Å². The third-order valence-electron chi connectivity index (χ3n) is 7.21. The molecule has 2 atom stereocenters. The second-order valence-corrected chi connectivity index (χ2v) is 10.1. The standard InChI is InChI=1S/C31H31N5O4S/c1-18-16-23(19(2)35(18)26-12-7-6-10-22(26)30(38)40-5)29-28(24-11-8-9-15-32-24)34-31(41)36(29)21-13-14-27(39-4)25(17-21)33-20(3)37/h6-17,28-29H,1-5H3,(H,33,37)(H,34,41)/t28-,29+/m1/s1. The van der Waals surface area contributed by atoms with Gasteiger partial charge in [-0.05, 0) is 80.2 Å². The summed E-state index contributed by atoms with van der Waals surface area (Å²) in [6, 6.07) is 20.3. The minimum Gasteiger partial charge on any atom is -0.495 e. The van der Waals surface area contributed by atoms with Gasteiger partial charge in [-0.2, -0.15) is 0 Å². The minimum atomic E-state index is -0.407. The maximum Gasteiger partial charge on any atom is 0.339 e. The van der Waals surface area contributed by atoms with Gasteiger partial charge in [-0.15, -0.1) is 0 Å². The summed E-state index contributed by atoms with van der Waals surface area (Å²) in [5.41, 5.74) is 6.23. The molecule has 2 N–H and O–H groups in total. The number of pyridine rings is 1. The minimum absolute atomic E-state index is 0.210. The quantitative estimate of drug-likeness (QED) is 0.225. The van der Waals surface area contributed by atoms with Crippen molar-refractivity contribution in [1.29, 1.82) is 0 Å². The van der Waals surface area contributed by atoms with E-state index in [2.05, 4.69) is 26.3 Å². The van der Waals surface area contributed by atoms with Crippen molar-refractivity contribution in [3.8, 4) is 11.4 Å². The number of para-hydroxylation sites is 1. The number of esters is 1. The fourth-order valence-electron chi connectivity index (χ4n) is 5.49. The zero-order chi connectivity index (χ0) is 29.3. The summed E-state index contributed by atoms with van der Waals surface area (Å²) in [7, 11) is 2.94. The van der Waals surface area contributed by atoms with E-state index >= 15 is 0 Å². The maximum atomic E-state index is 12.7. The molecule has 2 aromatic carbocycles. The van der Waals surface area contributed by atoms with Crippen LogP contribution >= 0.6 is 12.2 Å². The van der Waals surface area contributed by atoms with Crippen molar-refractivity contribution < 1.29 is 19.1 Å². The molecule has 9 nitrogen and oxygen atoms in total. The van der Waals surface area contributed by atoms with E-state index in [1.807, 2.05) is 73.3 Å². The fourth-order valence-corrected chi connectivity index (χ4v) is 5.84. The van der Waals surface area contributed by atoms with Crippen LogP contribution in [-0.2, 0) is 9.53 Å². The zero-order valence-electron chi connectivity index (χ0n) is 23.5. The number of carbonyl (C=O) groups is 2. The van der Waals surface area contributed by atoms with Gasteiger partial charge < -0.3 is 29.6 Å². The number of carbonyl (C=O) groups excluding carboxylic acids is 2. The van der Waals surface area contributed by atoms with Crippen LogP contribution in [0.5, 0.6) is 5.75 Å². The van der Waals surface area contributed by atoms with Crippen LogP contribution in [0, 0.1) is 13.8 Å². The summed E-state index contributed by atoms with van der Waals surface area (Å²) in [4.78, 5) is 31.3. The van der Waals surface area contributed by atoms with Gasteiger partial charge in [-0.3, -0.25) is 9.78 Å². The van der Waals surface area contributed by atoms with Crippen molar-refractivity contribution in [2.24, 2.45) is 0 Å². The lowest BCUT2D eigenvalue weighted by molar-refractivity contribution is -0.114. The molecule has 0 bridgehead atoms. The Morgan fingerprint density at radius 3 is 2.46 bits per heavy atom. The van der Waals surface area contributed by atoms with Crippen LogP contribution < -0.4 is 20.3 Å². The molecular formula is C31H31N5O4S. The van der Waals surface area contributed by atoms with Crippen LogP contribution in [0.1, 0.15) is 52.0 Å². The number of rotatable bonds is 7. The maximum absolute atomic E-state index is 12.7. The van der Waals surface area contributed by atoms with Crippen LogP contribution in [0.4, 0.5) is 11.4 Å². The van der Waals surface area contributed by atoms with E-state index in [9.17, 15) is 9.59 Å². The number of hydrogen-bond donors (Lipinski definition) is 2. The summed E-state index contributed by atoms with van der Waals surface area (Å²) >= 11 is 5.92. The SMILES string of the molecule is COC(=O)c1ccccc1-n1c(C)cc([C@H]2[C@@H](c3ccccn3)NC(=S)N2c2ccc(OC)c(NC(C)=O)c2)c1C. The molecule has 10 heteroatoms. The topological polar surface area (TPSA) is 97.7 Å². The van der Waals surface area contributed by atoms with Crippen LogP contribution in [0.3, 0.4) is 0 Å². The monoisotopic (exact) mass is 569 g/mol. The number of ether oxygens (including phenoxy) is 2. The highest BCUT2D eigenvalue weighted by Crippen LogP contribution is 2.45. The molecule has 1 amide bonds. The predicted octanol–water partition coefficient (Wildman–Crippen LogP) is 5.42. The van der Waals surface area contributed by atoms with Crippen LogP contribution in [-0.4, -0.2) is 40.8 Å². The fraction of sp³-hybridized carbons (Fsp3) is 0.226. The highest BCUT2D eigenvalue weighted by atomic mass is 32.1. The Balaban J connectivity index is 1.70. The number of anilines is 2. The number of aryl methyl sites for hydroxylation is 1. The summed E-state index contributed by atoms with van der Waals surface area (Å²) in [6.45, 7) is 5.49. The molecular weight excluding hydrogens is 538 g/mol. The summed E-state index contributed by atoms with van der Waals surface area (Å²) in [5, 5.41) is 6.86. The van der Waals surface area contributed by atoms with Gasteiger partial charge in [0.1, 0.15) is 5.75 Å². The Morgan fingerprint density at radius 2 is 1.78 bits per heavy atom. The van der Waals surface area contributed by atoms with E-state index in [0.29, 0.717) is 22.1 Å². The van der Waals surface area contributed by atoms with E-state index in [1.165, 1.54) is 14.0 Å². The van der Waals surface area contributed by atoms with E-state index in [0.717, 1.165) is 34.0 Å². The average molecular weight is 570 g/mol. The molecule has 2 aromatic heterocycles. The summed E-state index contributed by atoms with van der Waals surface area (Å²) < 4.78 is 12.6. The number of benzene rings is 2. The summed E-state index contributed by atoms with van der Waals surface area (Å²) in [5.74, 6) is -0.0779. The first-order valence-corrected chi connectivity index (χ1v) is 13.5. The highest BCUT2D eigenvalue weighted by molar-refractivity contribution is 7.80. The Morgan fingerprint density at radius 1 is 1.02 bits per heavy atom. The normalized spacial score (nSPS) is 16.3. The van der Waals surface area contributed by atoms with Gasteiger partial charge in [0, 0.05) is 30.2 Å². The average Bonchev–Trinajstić information content (AvgIpc) is 3.47. The number of hydrogen-bond acceptors (Lipinski definition) is 6. The lowest BCUT2D eigenvalue weighted by Crippen LogP contribution is -2.29. The number of thiocarbonyl (C=S) groups is 1. The van der Waals surface area contributed by atoms with Gasteiger partial charge in [0.2, 0.25) is 5.91 Å². The molecule has 0 saturated carbocycles. The molecule has 1 saturated heterocycles. The van der Waals surface area contributed by atoms with E-state index in [1.54, 1.807) is 19.4 Å². The van der Waals surface area contributed by atoms with Gasteiger partial charge in [-0.25, -0.2) is 4.79 Å². The lowest BCUT2D eigenvalue weighted by Gasteiger charge is -2.29. The second kappa shape index (κ2) is 11.4. The molecule has 0 radical (unpaired) electrons. The number of methoxy groups -OCH3 is 2. The van der Waals surface area contributed by atoms with E-state index < -0.39 is 5.97 Å². The molecule has 41 heavy (non-hydrogen) atoms. The Labute approximate surface area is 244 Å². The van der Waals surface area contributed by atoms with Crippen molar-refractivity contribution in [3.63, 3.8) is 0 Å². The lowest BCUT2D eigenvalue weighted by atomic mass is 9.96. The van der Waals surface area contributed by atoms with Gasteiger partial charge in [0.05, 0.1) is 48.9 Å². The third-order valence-corrected chi connectivity index (χ3v) is 7.52. The van der Waals surface area contributed by atoms with Crippen molar-refractivity contribution in [1.82, 2.24) is 14.9 Å². The molecule has 3 heterocycles. The molecule has 4 aromatic rings. The first-order chi connectivity index (χ1) is 19.7. The van der Waals surface area contributed by atoms with Crippen LogP contribution in [0.15, 0.2) is 72.9 Å². The molecule has 5 rings (SSSR count). The Hall–Kier alpha value is -4.70. The molecule has 1 fully saturated rings. The molecule has 0 spiro atoms. The van der Waals surface area contributed by atoms with Gasteiger partial charge >= 0.3 is 5.97 Å². The van der Waals surface area contributed by atoms with Gasteiger partial charge in [0.25, 0.3) is 0 Å². The Kier molecular flexibility index (Phi) is 7.76. The predicted molar refractivity (Wildman–Crippen MR) is 162 cm³/mol. The summed E-state index contributed by atoms with van der Waals surface area (Å²) in [6.07, 6.45) is 1.76. The van der Waals surface area contributed by atoms with Gasteiger partial charge in [0.15, 0.2) is 5.11 Å². The van der Waals surface area contributed by atoms with Crippen LogP contribution in [0.25, 0.3) is 5.69 Å². The van der Waals surface area contributed by atoms with Crippen molar-refractivity contribution in [2.45, 2.75) is 32.9 Å². The number of aromatic nitrogens is 2. The Bertz CT molecular complexity index is 1630. The molecule has 1 aliphatic heterocycles. The molecule has 0 aliphatic carbocycles. The first kappa shape index (κ1) is 27.9. The first-order valence-electron chi connectivity index (χ1n) is 13.1. The second-order valence-electron chi connectivity index (χ2n) is 9.73. The number of amides is 1. The molecule has 0 unspecified atom stereocenters. The number of nitrogens with zero attached hydrogens (tertiary/aromatic N) is 3. The third kappa shape index (κ3) is 5.14. The zero-order valence-corrected chi connectivity index (χ0v) is 24.3. The molecule has 1 aliphatic rings. The van der Waals surface area contributed by atoms with Crippen molar-refractivity contribution >= 4 is 40.6 Å². The number of nitrogens with one attached hydrogen (secondary N) is 2. The van der Waals surface area contributed by atoms with Gasteiger partial charge in [-0.1, -0.05) is 18.2 Å². The van der Waals surface area contributed by atoms with Crippen LogP contribution in [0.2, 0.25) is 0 Å². The largest absolute Gasteiger partial charge is 0.495 e. The van der Waals surface area contributed by atoms with E-state index in [-0.39, 0.29) is 18.0 Å². The highest BCUT2D eigenvalue weighted by Gasteiger charge is 2.42.